The van der Waals surface area contributed by atoms with E-state index in [9.17, 15) is 4.79 Å². The first-order valence-electron chi connectivity index (χ1n) is 8.89. The minimum absolute atomic E-state index is 0.251. The summed E-state index contributed by atoms with van der Waals surface area (Å²) in [5.74, 6) is 0.763. The maximum Gasteiger partial charge on any atom is 0.278 e. The van der Waals surface area contributed by atoms with Crippen LogP contribution in [0, 0.1) is 6.92 Å². The number of fused-ring (bicyclic) bond motifs is 1. The van der Waals surface area contributed by atoms with Gasteiger partial charge in [0.05, 0.1) is 5.69 Å². The number of nitrogens with zero attached hydrogens (tertiary/aromatic N) is 7. The summed E-state index contributed by atoms with van der Waals surface area (Å²) in [6, 6.07) is 6.06. The minimum atomic E-state index is -0.330. The van der Waals surface area contributed by atoms with Gasteiger partial charge in [-0.1, -0.05) is 0 Å². The van der Waals surface area contributed by atoms with Gasteiger partial charge in [-0.05, 0) is 45.6 Å². The van der Waals surface area contributed by atoms with E-state index in [4.69, 9.17) is 5.10 Å². The van der Waals surface area contributed by atoms with Gasteiger partial charge < -0.3 is 9.80 Å². The Labute approximate surface area is 157 Å². The van der Waals surface area contributed by atoms with E-state index in [2.05, 4.69) is 44.2 Å². The Bertz CT molecular complexity index is 968. The van der Waals surface area contributed by atoms with E-state index in [-0.39, 0.29) is 11.9 Å². The van der Waals surface area contributed by atoms with Crippen LogP contribution < -0.4 is 10.2 Å². The summed E-state index contributed by atoms with van der Waals surface area (Å²) in [6.45, 7) is 3.65. The first-order chi connectivity index (χ1) is 13.0. The van der Waals surface area contributed by atoms with Gasteiger partial charge in [0.15, 0.2) is 11.3 Å². The molecule has 27 heavy (non-hydrogen) atoms. The van der Waals surface area contributed by atoms with E-state index in [0.29, 0.717) is 23.1 Å². The lowest BCUT2D eigenvalue weighted by Crippen LogP contribution is -2.32. The molecule has 1 N–H and O–H groups in total. The number of hydrogen-bond donors (Lipinski definition) is 1. The Balaban J connectivity index is 1.65. The molecular weight excluding hydrogens is 344 g/mol. The Hall–Kier alpha value is -3.07. The summed E-state index contributed by atoms with van der Waals surface area (Å²) in [5.41, 5.74) is 1.64. The van der Waals surface area contributed by atoms with Crippen molar-refractivity contribution in [3.8, 4) is 0 Å². The highest BCUT2D eigenvalue weighted by Gasteiger charge is 2.26. The van der Waals surface area contributed by atoms with Crippen molar-refractivity contribution in [2.24, 2.45) is 0 Å². The van der Waals surface area contributed by atoms with Crippen molar-refractivity contribution >= 4 is 23.3 Å². The smallest absolute Gasteiger partial charge is 0.278 e. The summed E-state index contributed by atoms with van der Waals surface area (Å²) >= 11 is 0. The number of rotatable bonds is 4. The van der Waals surface area contributed by atoms with Crippen LogP contribution in [-0.2, 0) is 0 Å². The molecule has 1 atom stereocenters. The number of imidazole rings is 1. The Morgan fingerprint density at radius 3 is 2.74 bits per heavy atom. The number of likely N-dealkylation sites (N-methyl/N-ethyl adjacent to an activating group) is 1. The van der Waals surface area contributed by atoms with Crippen molar-refractivity contribution in [2.45, 2.75) is 19.4 Å². The summed E-state index contributed by atoms with van der Waals surface area (Å²) in [6.07, 6.45) is 4.25. The molecule has 1 fully saturated rings. The monoisotopic (exact) mass is 366 g/mol. The first kappa shape index (κ1) is 17.3. The standard InChI is InChI=1S/C18H22N8O/c1-12-16(17(27)22-18-19-8-4-9-20-18)26-14(21-12)5-6-15(23-26)25-10-7-13(11-25)24(2)3/h4-6,8-9,13H,7,10-11H2,1-3H3,(H,19,20,22,27)/t13-/m0/s1. The average Bonchev–Trinajstić information content (AvgIpc) is 3.26. The van der Waals surface area contributed by atoms with Crippen molar-refractivity contribution < 1.29 is 4.79 Å². The van der Waals surface area contributed by atoms with E-state index in [1.165, 1.54) is 0 Å². The maximum absolute atomic E-state index is 12.8. The molecule has 0 radical (unpaired) electrons. The van der Waals surface area contributed by atoms with Gasteiger partial charge in [0, 0.05) is 31.5 Å². The van der Waals surface area contributed by atoms with E-state index < -0.39 is 0 Å². The van der Waals surface area contributed by atoms with Crippen LogP contribution in [-0.4, -0.2) is 68.6 Å². The Morgan fingerprint density at radius 2 is 2.04 bits per heavy atom. The van der Waals surface area contributed by atoms with E-state index in [0.717, 1.165) is 25.3 Å². The van der Waals surface area contributed by atoms with Gasteiger partial charge in [-0.2, -0.15) is 0 Å². The second-order valence-corrected chi connectivity index (χ2v) is 6.89. The molecule has 140 valence electrons. The highest BCUT2D eigenvalue weighted by atomic mass is 16.2. The summed E-state index contributed by atoms with van der Waals surface area (Å²) in [5, 5.41) is 7.40. The fourth-order valence-corrected chi connectivity index (χ4v) is 3.36. The van der Waals surface area contributed by atoms with Crippen LogP contribution in [0.3, 0.4) is 0 Å². The van der Waals surface area contributed by atoms with Crippen LogP contribution in [0.5, 0.6) is 0 Å². The minimum Gasteiger partial charge on any atom is -0.354 e. The molecule has 1 saturated heterocycles. The molecule has 0 aromatic carbocycles. The van der Waals surface area contributed by atoms with Gasteiger partial charge in [-0.25, -0.2) is 19.5 Å². The van der Waals surface area contributed by atoms with Gasteiger partial charge in [0.2, 0.25) is 5.95 Å². The molecule has 4 rings (SSSR count). The van der Waals surface area contributed by atoms with Crippen molar-refractivity contribution in [3.63, 3.8) is 0 Å². The lowest BCUT2D eigenvalue weighted by Gasteiger charge is -2.21. The van der Waals surface area contributed by atoms with E-state index in [1.807, 2.05) is 12.1 Å². The first-order valence-corrected chi connectivity index (χ1v) is 8.89. The van der Waals surface area contributed by atoms with E-state index in [1.54, 1.807) is 29.9 Å². The molecule has 0 aliphatic carbocycles. The molecule has 0 saturated carbocycles. The molecular formula is C18H22N8O. The second-order valence-electron chi connectivity index (χ2n) is 6.89. The fraction of sp³-hybridized carbons (Fsp3) is 0.389. The summed E-state index contributed by atoms with van der Waals surface area (Å²) < 4.78 is 1.60. The Kier molecular flexibility index (Phi) is 4.44. The fourth-order valence-electron chi connectivity index (χ4n) is 3.36. The van der Waals surface area contributed by atoms with Crippen LogP contribution in [0.1, 0.15) is 22.6 Å². The van der Waals surface area contributed by atoms with Gasteiger partial charge in [-0.15, -0.1) is 5.10 Å². The number of nitrogens with one attached hydrogen (secondary N) is 1. The topological polar surface area (TPSA) is 91.5 Å². The van der Waals surface area contributed by atoms with Crippen LogP contribution in [0.2, 0.25) is 0 Å². The lowest BCUT2D eigenvalue weighted by molar-refractivity contribution is 0.101. The quantitative estimate of drug-likeness (QED) is 0.742. The number of aryl methyl sites for hydroxylation is 1. The molecule has 3 aromatic rings. The van der Waals surface area contributed by atoms with Crippen molar-refractivity contribution in [1.29, 1.82) is 0 Å². The number of aromatic nitrogens is 5. The van der Waals surface area contributed by atoms with Crippen molar-refractivity contribution in [3.05, 3.63) is 42.0 Å². The van der Waals surface area contributed by atoms with Crippen molar-refractivity contribution in [2.75, 3.05) is 37.4 Å². The maximum atomic E-state index is 12.8. The predicted octanol–water partition coefficient (Wildman–Crippen LogP) is 1.22. The predicted molar refractivity (Wildman–Crippen MR) is 102 cm³/mol. The molecule has 0 bridgehead atoms. The Morgan fingerprint density at radius 1 is 1.26 bits per heavy atom. The molecule has 1 amide bonds. The van der Waals surface area contributed by atoms with Gasteiger partial charge in [0.25, 0.3) is 5.91 Å². The zero-order chi connectivity index (χ0) is 19.0. The van der Waals surface area contributed by atoms with Crippen molar-refractivity contribution in [1.82, 2.24) is 29.5 Å². The molecule has 1 aliphatic rings. The largest absolute Gasteiger partial charge is 0.354 e. The second kappa shape index (κ2) is 6.92. The third-order valence-electron chi connectivity index (χ3n) is 4.86. The van der Waals surface area contributed by atoms with Gasteiger partial charge in [0.1, 0.15) is 5.82 Å². The van der Waals surface area contributed by atoms with Crippen LogP contribution in [0.4, 0.5) is 11.8 Å². The third-order valence-corrected chi connectivity index (χ3v) is 4.86. The van der Waals surface area contributed by atoms with Crippen LogP contribution in [0.25, 0.3) is 5.65 Å². The average molecular weight is 366 g/mol. The number of carbonyl (C=O) groups is 1. The summed E-state index contributed by atoms with van der Waals surface area (Å²) in [4.78, 5) is 29.8. The number of amides is 1. The SMILES string of the molecule is Cc1nc2ccc(N3CC[C@H](N(C)C)C3)nn2c1C(=O)Nc1ncccn1. The molecule has 1 aliphatic heterocycles. The molecule has 4 heterocycles. The van der Waals surface area contributed by atoms with Crippen LogP contribution in [0.15, 0.2) is 30.6 Å². The highest BCUT2D eigenvalue weighted by molar-refractivity contribution is 6.03. The van der Waals surface area contributed by atoms with Crippen LogP contribution >= 0.6 is 0 Å². The number of carbonyl (C=O) groups excluding carboxylic acids is 1. The zero-order valence-electron chi connectivity index (χ0n) is 15.6. The molecule has 0 spiro atoms. The summed E-state index contributed by atoms with van der Waals surface area (Å²) in [7, 11) is 4.19. The third kappa shape index (κ3) is 3.33. The number of anilines is 2. The van der Waals surface area contributed by atoms with Gasteiger partial charge in [-0.3, -0.25) is 10.1 Å². The lowest BCUT2D eigenvalue weighted by atomic mass is 10.2. The van der Waals surface area contributed by atoms with E-state index >= 15 is 0 Å². The highest BCUT2D eigenvalue weighted by Crippen LogP contribution is 2.22. The molecule has 0 unspecified atom stereocenters. The van der Waals surface area contributed by atoms with Gasteiger partial charge >= 0.3 is 0 Å². The molecule has 9 heteroatoms. The molecule has 3 aromatic heterocycles. The zero-order valence-corrected chi connectivity index (χ0v) is 15.6. The molecule has 9 nitrogen and oxygen atoms in total. The number of hydrogen-bond acceptors (Lipinski definition) is 7. The normalized spacial score (nSPS) is 17.0.